The number of carbonyl (C=O) groups is 3. The van der Waals surface area contributed by atoms with E-state index in [1.165, 1.54) is 20.8 Å². The van der Waals surface area contributed by atoms with E-state index >= 15 is 0 Å². The summed E-state index contributed by atoms with van der Waals surface area (Å²) in [7, 11) is 0. The van der Waals surface area contributed by atoms with E-state index in [4.69, 9.17) is 4.74 Å². The van der Waals surface area contributed by atoms with Crippen LogP contribution in [-0.2, 0) is 23.8 Å². The summed E-state index contributed by atoms with van der Waals surface area (Å²) < 4.78 is 238. The fraction of sp³-hybridized carbons (Fsp3) is 0.864. The number of ether oxygens (including phenoxy) is 3. The molecular formula is C22H24F17NO6. The van der Waals surface area contributed by atoms with Crippen molar-refractivity contribution in [2.45, 2.75) is 93.8 Å². The maximum atomic E-state index is 13.9. The minimum Gasteiger partial charge on any atom is -0.459 e. The predicted molar refractivity (Wildman–Crippen MR) is 115 cm³/mol. The van der Waals surface area contributed by atoms with Crippen LogP contribution in [0.3, 0.4) is 0 Å². The summed E-state index contributed by atoms with van der Waals surface area (Å²) in [5.74, 6) is -55.4. The van der Waals surface area contributed by atoms with Gasteiger partial charge in [-0.3, -0.25) is 0 Å². The van der Waals surface area contributed by atoms with Gasteiger partial charge in [0.05, 0.1) is 13.1 Å². The van der Waals surface area contributed by atoms with Crippen molar-refractivity contribution in [3.8, 4) is 0 Å². The summed E-state index contributed by atoms with van der Waals surface area (Å²) >= 11 is 0. The highest BCUT2D eigenvalue weighted by molar-refractivity contribution is 5.80. The second-order valence-corrected chi connectivity index (χ2v) is 9.74. The van der Waals surface area contributed by atoms with Gasteiger partial charge in [0.15, 0.2) is 0 Å². The van der Waals surface area contributed by atoms with Gasteiger partial charge in [-0.2, -0.15) is 74.6 Å². The van der Waals surface area contributed by atoms with Crippen LogP contribution >= 0.6 is 0 Å². The van der Waals surface area contributed by atoms with E-state index in [2.05, 4.69) is 9.47 Å². The van der Waals surface area contributed by atoms with Crippen molar-refractivity contribution in [1.29, 1.82) is 0 Å². The second kappa shape index (κ2) is 13.6. The molecule has 46 heavy (non-hydrogen) atoms. The van der Waals surface area contributed by atoms with Gasteiger partial charge in [-0.25, -0.2) is 14.4 Å². The molecule has 0 saturated heterocycles. The van der Waals surface area contributed by atoms with E-state index < -0.39 is 104 Å². The zero-order chi connectivity index (χ0) is 37.2. The third-order valence-electron chi connectivity index (χ3n) is 6.01. The predicted octanol–water partition coefficient (Wildman–Crippen LogP) is 7.12. The van der Waals surface area contributed by atoms with Crippen LogP contribution in [0.2, 0.25) is 0 Å². The summed E-state index contributed by atoms with van der Waals surface area (Å²) in [5, 5.41) is 0. The summed E-state index contributed by atoms with van der Waals surface area (Å²) in [4.78, 5) is 35.3. The van der Waals surface area contributed by atoms with Gasteiger partial charge < -0.3 is 19.1 Å². The van der Waals surface area contributed by atoms with Gasteiger partial charge in [-0.1, -0.05) is 13.8 Å². The number of halogens is 17. The van der Waals surface area contributed by atoms with Crippen LogP contribution in [0.4, 0.5) is 79.4 Å². The molecule has 0 unspecified atom stereocenters. The lowest BCUT2D eigenvalue weighted by Gasteiger charge is -2.35. The molecule has 0 bridgehead atoms. The topological polar surface area (TPSA) is 82.1 Å². The molecule has 24 heteroatoms. The minimum absolute atomic E-state index is 0.00863. The number of hydrogen-bond acceptors (Lipinski definition) is 6. The number of nitrogens with zero attached hydrogens (tertiary/aromatic N) is 1. The smallest absolute Gasteiger partial charge is 0.459 e. The lowest BCUT2D eigenvalue weighted by Crippen LogP contribution is -2.64. The van der Waals surface area contributed by atoms with Crippen molar-refractivity contribution in [2.75, 3.05) is 26.3 Å². The molecule has 1 amide bonds. The summed E-state index contributed by atoms with van der Waals surface area (Å²) in [5.41, 5.74) is -1.45. The highest BCUT2D eigenvalue weighted by atomic mass is 19.4. The largest absolute Gasteiger partial charge is 0.460 e. The molecule has 0 aromatic rings. The van der Waals surface area contributed by atoms with Crippen LogP contribution in [-0.4, -0.2) is 102 Å². The van der Waals surface area contributed by atoms with E-state index in [0.29, 0.717) is 0 Å². The first-order valence-electron chi connectivity index (χ1n) is 12.2. The van der Waals surface area contributed by atoms with Gasteiger partial charge in [-0.15, -0.1) is 0 Å². The molecule has 0 aromatic carbocycles. The van der Waals surface area contributed by atoms with Gasteiger partial charge in [0, 0.05) is 6.42 Å². The maximum Gasteiger partial charge on any atom is 0.460 e. The van der Waals surface area contributed by atoms with Crippen LogP contribution in [0.1, 0.15) is 40.5 Å². The Labute approximate surface area is 247 Å². The summed E-state index contributed by atoms with van der Waals surface area (Å²) in [6, 6.07) is 0. The summed E-state index contributed by atoms with van der Waals surface area (Å²) in [6.45, 7) is -2.35. The fourth-order valence-electron chi connectivity index (χ4n) is 2.63. The SMILES string of the molecule is CCC(C)(C)OC(=O)N(CCOC(=O)C(F)(F)C(F)(F)C(F)(F)C(F)(F)F)CCOC(=O)C(F)(F)C(F)(F)C(F)(F)C(F)(F)CC. The molecule has 0 radical (unpaired) electrons. The van der Waals surface area contributed by atoms with Crippen LogP contribution in [0.25, 0.3) is 0 Å². The number of esters is 2. The van der Waals surface area contributed by atoms with E-state index in [9.17, 15) is 89.0 Å². The van der Waals surface area contributed by atoms with Gasteiger partial charge in [-0.05, 0) is 20.3 Å². The van der Waals surface area contributed by atoms with Crippen molar-refractivity contribution in [2.24, 2.45) is 0 Å². The van der Waals surface area contributed by atoms with Crippen molar-refractivity contribution in [3.63, 3.8) is 0 Å². The lowest BCUT2D eigenvalue weighted by molar-refractivity contribution is -0.390. The molecule has 0 aliphatic heterocycles. The Bertz CT molecular complexity index is 1090. The van der Waals surface area contributed by atoms with E-state index in [-0.39, 0.29) is 18.2 Å². The van der Waals surface area contributed by atoms with Crippen LogP contribution in [0.5, 0.6) is 0 Å². The Kier molecular flexibility index (Phi) is 12.7. The van der Waals surface area contributed by atoms with Crippen molar-refractivity contribution in [1.82, 2.24) is 4.90 Å². The highest BCUT2D eigenvalue weighted by Gasteiger charge is 2.85. The highest BCUT2D eigenvalue weighted by Crippen LogP contribution is 2.54. The molecule has 0 saturated carbocycles. The Morgan fingerprint density at radius 3 is 1.20 bits per heavy atom. The Morgan fingerprint density at radius 1 is 0.543 bits per heavy atom. The fourth-order valence-corrected chi connectivity index (χ4v) is 2.63. The monoisotopic (exact) mass is 721 g/mol. The van der Waals surface area contributed by atoms with Gasteiger partial charge in [0.1, 0.15) is 18.8 Å². The van der Waals surface area contributed by atoms with Crippen LogP contribution in [0, 0.1) is 0 Å². The Hall–Kier alpha value is -2.98. The number of amides is 1. The number of alkyl halides is 17. The first-order chi connectivity index (χ1) is 20.2. The normalized spacial score (nSPS) is 14.5. The average Bonchev–Trinajstić information content (AvgIpc) is 2.90. The van der Waals surface area contributed by atoms with Crippen LogP contribution in [0.15, 0.2) is 0 Å². The van der Waals surface area contributed by atoms with Crippen LogP contribution < -0.4 is 0 Å². The Morgan fingerprint density at radius 2 is 0.891 bits per heavy atom. The average molecular weight is 721 g/mol. The first-order valence-corrected chi connectivity index (χ1v) is 12.2. The second-order valence-electron chi connectivity index (χ2n) is 9.74. The molecule has 0 fully saturated rings. The number of hydrogen-bond donors (Lipinski definition) is 0. The molecule has 272 valence electrons. The third kappa shape index (κ3) is 8.11. The molecular weight excluding hydrogens is 697 g/mol. The summed E-state index contributed by atoms with van der Waals surface area (Å²) in [6.07, 6.45) is -11.1. The Balaban J connectivity index is 5.90. The molecule has 0 aliphatic rings. The standard InChI is InChI=1S/C22H24F17NO6/c1-5-14(3,4)46-13(43)40(8-10-45-12(42)17(27,28)20(33,34)21(35,36)22(37,38)39)7-9-44-11(41)16(25,26)19(31,32)18(29,30)15(23,24)6-2/h5-10H2,1-4H3. The molecule has 0 spiro atoms. The zero-order valence-electron chi connectivity index (χ0n) is 23.6. The lowest BCUT2D eigenvalue weighted by atomic mass is 9.97. The molecule has 0 aliphatic carbocycles. The van der Waals surface area contributed by atoms with Gasteiger partial charge in [0.2, 0.25) is 0 Å². The molecule has 7 nitrogen and oxygen atoms in total. The van der Waals surface area contributed by atoms with Crippen molar-refractivity contribution in [3.05, 3.63) is 0 Å². The molecule has 0 heterocycles. The molecule has 0 atom stereocenters. The minimum atomic E-state index is -7.48. The molecule has 0 aromatic heterocycles. The number of carbonyl (C=O) groups excluding carboxylic acids is 3. The van der Waals surface area contributed by atoms with E-state index in [0.717, 1.165) is 0 Å². The van der Waals surface area contributed by atoms with E-state index in [1.807, 2.05) is 0 Å². The molecule has 0 rings (SSSR count). The third-order valence-corrected chi connectivity index (χ3v) is 6.01. The molecule has 0 N–H and O–H groups in total. The van der Waals surface area contributed by atoms with Crippen molar-refractivity contribution >= 4 is 18.0 Å². The quantitative estimate of drug-likeness (QED) is 0.0960. The maximum absolute atomic E-state index is 13.9. The van der Waals surface area contributed by atoms with Gasteiger partial charge >= 0.3 is 65.7 Å². The first kappa shape index (κ1) is 43.0. The number of rotatable bonds is 16. The van der Waals surface area contributed by atoms with Gasteiger partial charge in [0.25, 0.3) is 0 Å². The van der Waals surface area contributed by atoms with Crippen molar-refractivity contribution < 1.29 is 103 Å². The zero-order valence-corrected chi connectivity index (χ0v) is 23.6. The van der Waals surface area contributed by atoms with E-state index in [1.54, 1.807) is 0 Å².